The lowest BCUT2D eigenvalue weighted by Gasteiger charge is -2.16. The summed E-state index contributed by atoms with van der Waals surface area (Å²) in [6.45, 7) is 2.16. The van der Waals surface area contributed by atoms with Gasteiger partial charge in [-0.1, -0.05) is 43.3 Å². The smallest absolute Gasteiger partial charge is 0.103 e. The van der Waals surface area contributed by atoms with Crippen molar-refractivity contribution >= 4 is 17.2 Å². The minimum absolute atomic E-state index is 0.479. The van der Waals surface area contributed by atoms with Gasteiger partial charge < -0.3 is 10.6 Å². The summed E-state index contributed by atoms with van der Waals surface area (Å²) in [4.78, 5) is 2.85. The summed E-state index contributed by atoms with van der Waals surface area (Å²) in [5.41, 5.74) is 7.89. The summed E-state index contributed by atoms with van der Waals surface area (Å²) in [6, 6.07) is 8.22. The van der Waals surface area contributed by atoms with E-state index < -0.39 is 0 Å². The Kier molecular flexibility index (Phi) is 4.13. The molecule has 0 aliphatic heterocycles. The molecule has 0 radical (unpaired) electrons. The molecule has 1 fully saturated rings. The van der Waals surface area contributed by atoms with Crippen LogP contribution >= 0.6 is 12.2 Å². The second-order valence-corrected chi connectivity index (χ2v) is 5.47. The average Bonchev–Trinajstić information content (AvgIpc) is 3.10. The summed E-state index contributed by atoms with van der Waals surface area (Å²) in [6.07, 6.45) is 4.21. The first-order valence-corrected chi connectivity index (χ1v) is 6.63. The van der Waals surface area contributed by atoms with Crippen molar-refractivity contribution < 1.29 is 0 Å². The standard InChI is InChI=1S/C14H20N2S/c1-16(8-7-11-5-6-11)10-12-3-2-4-13(9-12)14(15)17/h2-4,9,11H,5-8,10H2,1H3,(H2,15,17). The summed E-state index contributed by atoms with van der Waals surface area (Å²) >= 11 is 4.99. The summed E-state index contributed by atoms with van der Waals surface area (Å²) < 4.78 is 0. The number of hydrogen-bond donors (Lipinski definition) is 1. The maximum Gasteiger partial charge on any atom is 0.103 e. The van der Waals surface area contributed by atoms with Crippen molar-refractivity contribution in [2.45, 2.75) is 25.8 Å². The van der Waals surface area contributed by atoms with E-state index in [1.807, 2.05) is 12.1 Å². The molecular formula is C14H20N2S. The van der Waals surface area contributed by atoms with Gasteiger partial charge in [0.05, 0.1) is 0 Å². The number of rotatable bonds is 6. The van der Waals surface area contributed by atoms with Gasteiger partial charge in [-0.15, -0.1) is 0 Å². The van der Waals surface area contributed by atoms with E-state index in [2.05, 4.69) is 24.1 Å². The van der Waals surface area contributed by atoms with Crippen LogP contribution in [0.25, 0.3) is 0 Å². The van der Waals surface area contributed by atoms with E-state index in [1.165, 1.54) is 31.4 Å². The van der Waals surface area contributed by atoms with Crippen molar-refractivity contribution in [3.63, 3.8) is 0 Å². The molecule has 0 saturated heterocycles. The van der Waals surface area contributed by atoms with Crippen LogP contribution in [0, 0.1) is 5.92 Å². The van der Waals surface area contributed by atoms with Crippen LogP contribution in [-0.2, 0) is 6.54 Å². The molecule has 2 rings (SSSR count). The van der Waals surface area contributed by atoms with Gasteiger partial charge in [-0.25, -0.2) is 0 Å². The molecule has 17 heavy (non-hydrogen) atoms. The van der Waals surface area contributed by atoms with Crippen LogP contribution in [0.15, 0.2) is 24.3 Å². The van der Waals surface area contributed by atoms with E-state index >= 15 is 0 Å². The highest BCUT2D eigenvalue weighted by molar-refractivity contribution is 7.80. The third-order valence-electron chi connectivity index (χ3n) is 3.28. The van der Waals surface area contributed by atoms with Crippen LogP contribution in [-0.4, -0.2) is 23.5 Å². The summed E-state index contributed by atoms with van der Waals surface area (Å²) in [5.74, 6) is 1.00. The zero-order valence-corrected chi connectivity index (χ0v) is 11.2. The van der Waals surface area contributed by atoms with E-state index in [4.69, 9.17) is 18.0 Å². The molecule has 1 aliphatic carbocycles. The highest BCUT2D eigenvalue weighted by Gasteiger charge is 2.20. The van der Waals surface area contributed by atoms with Crippen molar-refractivity contribution in [2.75, 3.05) is 13.6 Å². The highest BCUT2D eigenvalue weighted by atomic mass is 32.1. The SMILES string of the molecule is CN(CCC1CC1)Cc1cccc(C(N)=S)c1. The second kappa shape index (κ2) is 5.61. The second-order valence-electron chi connectivity index (χ2n) is 5.03. The highest BCUT2D eigenvalue weighted by Crippen LogP contribution is 2.32. The molecule has 0 unspecified atom stereocenters. The fourth-order valence-electron chi connectivity index (χ4n) is 2.02. The first-order chi connectivity index (χ1) is 8.15. The van der Waals surface area contributed by atoms with E-state index in [1.54, 1.807) is 0 Å². The van der Waals surface area contributed by atoms with Crippen LogP contribution < -0.4 is 5.73 Å². The molecule has 0 heterocycles. The molecule has 3 heteroatoms. The molecule has 2 nitrogen and oxygen atoms in total. The monoisotopic (exact) mass is 248 g/mol. The molecule has 1 aliphatic rings. The topological polar surface area (TPSA) is 29.3 Å². The molecule has 0 spiro atoms. The number of nitrogens with two attached hydrogens (primary N) is 1. The zero-order chi connectivity index (χ0) is 12.3. The Morgan fingerprint density at radius 2 is 2.24 bits per heavy atom. The lowest BCUT2D eigenvalue weighted by Crippen LogP contribution is -2.20. The van der Waals surface area contributed by atoms with Crippen molar-refractivity contribution in [1.82, 2.24) is 4.90 Å². The predicted molar refractivity (Wildman–Crippen MR) is 76.0 cm³/mol. The molecule has 2 N–H and O–H groups in total. The number of benzene rings is 1. The number of thiocarbonyl (C=S) groups is 1. The van der Waals surface area contributed by atoms with Crippen molar-refractivity contribution in [1.29, 1.82) is 0 Å². The van der Waals surface area contributed by atoms with Crippen molar-refractivity contribution in [3.8, 4) is 0 Å². The van der Waals surface area contributed by atoms with Crippen molar-refractivity contribution in [3.05, 3.63) is 35.4 Å². The minimum atomic E-state index is 0.479. The number of nitrogens with zero attached hydrogens (tertiary/aromatic N) is 1. The van der Waals surface area contributed by atoms with Crippen molar-refractivity contribution in [2.24, 2.45) is 11.7 Å². The Morgan fingerprint density at radius 1 is 1.47 bits per heavy atom. The maximum atomic E-state index is 5.64. The van der Waals surface area contributed by atoms with Gasteiger partial charge in [0.25, 0.3) is 0 Å². The van der Waals surface area contributed by atoms with Crippen LogP contribution in [0.1, 0.15) is 30.4 Å². The molecule has 0 aromatic heterocycles. The van der Waals surface area contributed by atoms with Gasteiger partial charge in [0.15, 0.2) is 0 Å². The van der Waals surface area contributed by atoms with Gasteiger partial charge in [0.1, 0.15) is 4.99 Å². The van der Waals surface area contributed by atoms with Crippen LogP contribution in [0.5, 0.6) is 0 Å². The molecule has 0 bridgehead atoms. The van der Waals surface area contributed by atoms with E-state index in [0.29, 0.717) is 4.99 Å². The third-order valence-corrected chi connectivity index (χ3v) is 3.52. The molecular weight excluding hydrogens is 228 g/mol. The van der Waals surface area contributed by atoms with E-state index in [0.717, 1.165) is 18.0 Å². The molecule has 92 valence electrons. The minimum Gasteiger partial charge on any atom is -0.389 e. The normalized spacial score (nSPS) is 15.2. The van der Waals surface area contributed by atoms with Gasteiger partial charge >= 0.3 is 0 Å². The summed E-state index contributed by atoms with van der Waals surface area (Å²) in [7, 11) is 2.18. The Balaban J connectivity index is 1.87. The molecule has 0 amide bonds. The molecule has 1 aromatic carbocycles. The van der Waals surface area contributed by atoms with Crippen LogP contribution in [0.3, 0.4) is 0 Å². The lowest BCUT2D eigenvalue weighted by molar-refractivity contribution is 0.315. The van der Waals surface area contributed by atoms with Crippen LogP contribution in [0.4, 0.5) is 0 Å². The summed E-state index contributed by atoms with van der Waals surface area (Å²) in [5, 5.41) is 0. The Bertz CT molecular complexity index is 399. The predicted octanol–water partition coefficient (Wildman–Crippen LogP) is 2.55. The van der Waals surface area contributed by atoms with Gasteiger partial charge in [0.2, 0.25) is 0 Å². The fourth-order valence-corrected chi connectivity index (χ4v) is 2.15. The van der Waals surface area contributed by atoms with Gasteiger partial charge in [-0.3, -0.25) is 0 Å². The van der Waals surface area contributed by atoms with E-state index in [-0.39, 0.29) is 0 Å². The third kappa shape index (κ3) is 4.10. The Morgan fingerprint density at radius 3 is 2.88 bits per heavy atom. The quantitative estimate of drug-likeness (QED) is 0.785. The first kappa shape index (κ1) is 12.5. The fraction of sp³-hybridized carbons (Fsp3) is 0.500. The average molecular weight is 248 g/mol. The maximum absolute atomic E-state index is 5.64. The largest absolute Gasteiger partial charge is 0.389 e. The molecule has 0 atom stereocenters. The zero-order valence-electron chi connectivity index (χ0n) is 10.4. The lowest BCUT2D eigenvalue weighted by atomic mass is 10.1. The number of hydrogen-bond acceptors (Lipinski definition) is 2. The Hall–Kier alpha value is -0.930. The van der Waals surface area contributed by atoms with Gasteiger partial charge in [-0.2, -0.15) is 0 Å². The van der Waals surface area contributed by atoms with Crippen LogP contribution in [0.2, 0.25) is 0 Å². The van der Waals surface area contributed by atoms with Gasteiger partial charge in [0, 0.05) is 12.1 Å². The van der Waals surface area contributed by atoms with Gasteiger partial charge in [-0.05, 0) is 37.6 Å². The van der Waals surface area contributed by atoms with E-state index in [9.17, 15) is 0 Å². The Labute approximate surface area is 109 Å². The molecule has 1 saturated carbocycles. The first-order valence-electron chi connectivity index (χ1n) is 6.22. The molecule has 1 aromatic rings.